The molecular weight excluding hydrogens is 234 g/mol. The van der Waals surface area contributed by atoms with Gasteiger partial charge in [-0.15, -0.1) is 0 Å². The SMILES string of the molecule is CCCc1ccc(C(NCC)c2ccoc2C)cc1. The van der Waals surface area contributed by atoms with Gasteiger partial charge in [0, 0.05) is 5.56 Å². The summed E-state index contributed by atoms with van der Waals surface area (Å²) in [5, 5.41) is 3.53. The van der Waals surface area contributed by atoms with Gasteiger partial charge in [-0.2, -0.15) is 0 Å². The summed E-state index contributed by atoms with van der Waals surface area (Å²) in [6.45, 7) is 7.30. The minimum absolute atomic E-state index is 0.222. The summed E-state index contributed by atoms with van der Waals surface area (Å²) in [5.41, 5.74) is 3.93. The molecule has 102 valence electrons. The average molecular weight is 257 g/mol. The smallest absolute Gasteiger partial charge is 0.105 e. The van der Waals surface area contributed by atoms with Crippen LogP contribution in [0.3, 0.4) is 0 Å². The summed E-state index contributed by atoms with van der Waals surface area (Å²) in [7, 11) is 0. The maximum absolute atomic E-state index is 5.44. The second-order valence-electron chi connectivity index (χ2n) is 4.91. The molecule has 2 rings (SSSR count). The van der Waals surface area contributed by atoms with Crippen LogP contribution in [-0.4, -0.2) is 6.54 Å². The quantitative estimate of drug-likeness (QED) is 0.837. The maximum Gasteiger partial charge on any atom is 0.105 e. The van der Waals surface area contributed by atoms with Crippen LogP contribution in [0.25, 0.3) is 0 Å². The van der Waals surface area contributed by atoms with Crippen molar-refractivity contribution in [1.82, 2.24) is 5.32 Å². The standard InChI is InChI=1S/C17H23NO/c1-4-6-14-7-9-15(10-8-14)17(18-5-2)16-11-12-19-13(16)3/h7-12,17-18H,4-6H2,1-3H3. The van der Waals surface area contributed by atoms with Crippen LogP contribution < -0.4 is 5.32 Å². The predicted octanol–water partition coefficient (Wildman–Crippen LogP) is 4.24. The molecule has 2 aromatic rings. The number of rotatable bonds is 6. The van der Waals surface area contributed by atoms with Crippen molar-refractivity contribution in [3.63, 3.8) is 0 Å². The number of benzene rings is 1. The second-order valence-corrected chi connectivity index (χ2v) is 4.91. The van der Waals surface area contributed by atoms with Gasteiger partial charge in [0.2, 0.25) is 0 Å². The summed E-state index contributed by atoms with van der Waals surface area (Å²) in [5.74, 6) is 0.989. The van der Waals surface area contributed by atoms with Crippen molar-refractivity contribution in [2.75, 3.05) is 6.54 Å². The third-order valence-electron chi connectivity index (χ3n) is 3.47. The lowest BCUT2D eigenvalue weighted by molar-refractivity contribution is 0.520. The first-order valence-electron chi connectivity index (χ1n) is 7.12. The minimum Gasteiger partial charge on any atom is -0.469 e. The molecule has 0 aliphatic carbocycles. The number of hydrogen-bond acceptors (Lipinski definition) is 2. The molecule has 1 atom stereocenters. The lowest BCUT2D eigenvalue weighted by Crippen LogP contribution is -2.22. The van der Waals surface area contributed by atoms with Crippen molar-refractivity contribution in [2.24, 2.45) is 0 Å². The van der Waals surface area contributed by atoms with Crippen LogP contribution in [0.15, 0.2) is 41.0 Å². The van der Waals surface area contributed by atoms with Crippen molar-refractivity contribution in [3.8, 4) is 0 Å². The van der Waals surface area contributed by atoms with Gasteiger partial charge in [-0.1, -0.05) is 44.5 Å². The molecule has 0 aliphatic heterocycles. The fourth-order valence-electron chi connectivity index (χ4n) is 2.47. The maximum atomic E-state index is 5.44. The first kappa shape index (κ1) is 13.9. The van der Waals surface area contributed by atoms with Gasteiger partial charge < -0.3 is 9.73 Å². The van der Waals surface area contributed by atoms with Gasteiger partial charge in [-0.05, 0) is 37.1 Å². The van der Waals surface area contributed by atoms with Gasteiger partial charge in [-0.25, -0.2) is 0 Å². The van der Waals surface area contributed by atoms with Gasteiger partial charge in [0.15, 0.2) is 0 Å². The summed E-state index contributed by atoms with van der Waals surface area (Å²) < 4.78 is 5.44. The van der Waals surface area contributed by atoms with Crippen LogP contribution in [0.4, 0.5) is 0 Å². The van der Waals surface area contributed by atoms with E-state index >= 15 is 0 Å². The molecule has 1 aromatic carbocycles. The Balaban J connectivity index is 2.26. The number of hydrogen-bond donors (Lipinski definition) is 1. The number of furan rings is 1. The summed E-state index contributed by atoms with van der Waals surface area (Å²) in [6.07, 6.45) is 4.11. The molecular formula is C17H23NO. The van der Waals surface area contributed by atoms with E-state index in [1.54, 1.807) is 6.26 Å². The van der Waals surface area contributed by atoms with Crippen LogP contribution in [0.1, 0.15) is 48.8 Å². The number of aryl methyl sites for hydroxylation is 2. The first-order valence-corrected chi connectivity index (χ1v) is 7.12. The molecule has 0 saturated carbocycles. The molecule has 2 heteroatoms. The van der Waals surface area contributed by atoms with E-state index in [0.717, 1.165) is 18.7 Å². The molecule has 1 N–H and O–H groups in total. The van der Waals surface area contributed by atoms with Crippen molar-refractivity contribution >= 4 is 0 Å². The van der Waals surface area contributed by atoms with Crippen molar-refractivity contribution < 1.29 is 4.42 Å². The van der Waals surface area contributed by atoms with Gasteiger partial charge in [0.05, 0.1) is 12.3 Å². The highest BCUT2D eigenvalue weighted by Crippen LogP contribution is 2.26. The monoisotopic (exact) mass is 257 g/mol. The molecule has 2 nitrogen and oxygen atoms in total. The van der Waals surface area contributed by atoms with Crippen molar-refractivity contribution in [1.29, 1.82) is 0 Å². The molecule has 0 fully saturated rings. The molecule has 1 unspecified atom stereocenters. The van der Waals surface area contributed by atoms with Gasteiger partial charge in [0.1, 0.15) is 5.76 Å². The molecule has 0 amide bonds. The second kappa shape index (κ2) is 6.58. The Hall–Kier alpha value is -1.54. The van der Waals surface area contributed by atoms with Crippen LogP contribution in [0.5, 0.6) is 0 Å². The topological polar surface area (TPSA) is 25.2 Å². The molecule has 1 aromatic heterocycles. The third-order valence-corrected chi connectivity index (χ3v) is 3.47. The Labute approximate surface area is 115 Å². The highest BCUT2D eigenvalue weighted by Gasteiger charge is 2.16. The van der Waals surface area contributed by atoms with Gasteiger partial charge in [0.25, 0.3) is 0 Å². The van der Waals surface area contributed by atoms with Crippen LogP contribution in [0, 0.1) is 6.92 Å². The van der Waals surface area contributed by atoms with E-state index in [4.69, 9.17) is 4.42 Å². The molecule has 0 bridgehead atoms. The molecule has 1 heterocycles. The summed E-state index contributed by atoms with van der Waals surface area (Å²) >= 11 is 0. The van der Waals surface area contributed by atoms with E-state index in [1.165, 1.54) is 23.1 Å². The highest BCUT2D eigenvalue weighted by atomic mass is 16.3. The lowest BCUT2D eigenvalue weighted by Gasteiger charge is -2.18. The zero-order valence-corrected chi connectivity index (χ0v) is 12.1. The fraction of sp³-hybridized carbons (Fsp3) is 0.412. The normalized spacial score (nSPS) is 12.6. The Kier molecular flexibility index (Phi) is 4.80. The van der Waals surface area contributed by atoms with Crippen LogP contribution in [-0.2, 0) is 6.42 Å². The predicted molar refractivity (Wildman–Crippen MR) is 79.4 cm³/mol. The van der Waals surface area contributed by atoms with E-state index in [2.05, 4.69) is 49.5 Å². The highest BCUT2D eigenvalue weighted by molar-refractivity contribution is 5.34. The third kappa shape index (κ3) is 3.27. The zero-order valence-electron chi connectivity index (χ0n) is 12.1. The Morgan fingerprint density at radius 3 is 2.37 bits per heavy atom. The molecule has 0 saturated heterocycles. The Morgan fingerprint density at radius 1 is 1.11 bits per heavy atom. The van der Waals surface area contributed by atoms with E-state index in [1.807, 2.05) is 6.92 Å². The van der Waals surface area contributed by atoms with E-state index in [-0.39, 0.29) is 6.04 Å². The summed E-state index contributed by atoms with van der Waals surface area (Å²) in [6, 6.07) is 11.2. The van der Waals surface area contributed by atoms with E-state index in [0.29, 0.717) is 0 Å². The summed E-state index contributed by atoms with van der Waals surface area (Å²) in [4.78, 5) is 0. The fourth-order valence-corrected chi connectivity index (χ4v) is 2.47. The molecule has 0 aliphatic rings. The minimum atomic E-state index is 0.222. The number of nitrogens with one attached hydrogen (secondary N) is 1. The average Bonchev–Trinajstić information content (AvgIpc) is 2.84. The Bertz CT molecular complexity index is 498. The van der Waals surface area contributed by atoms with Crippen LogP contribution in [0.2, 0.25) is 0 Å². The van der Waals surface area contributed by atoms with E-state index in [9.17, 15) is 0 Å². The molecule has 19 heavy (non-hydrogen) atoms. The van der Waals surface area contributed by atoms with Crippen LogP contribution >= 0.6 is 0 Å². The molecule has 0 spiro atoms. The lowest BCUT2D eigenvalue weighted by atomic mass is 9.97. The zero-order chi connectivity index (χ0) is 13.7. The Morgan fingerprint density at radius 2 is 1.84 bits per heavy atom. The van der Waals surface area contributed by atoms with Gasteiger partial charge in [-0.3, -0.25) is 0 Å². The molecule has 0 radical (unpaired) electrons. The van der Waals surface area contributed by atoms with Gasteiger partial charge >= 0.3 is 0 Å². The largest absolute Gasteiger partial charge is 0.469 e. The van der Waals surface area contributed by atoms with Crippen molar-refractivity contribution in [3.05, 3.63) is 59.0 Å². The van der Waals surface area contributed by atoms with Crippen molar-refractivity contribution in [2.45, 2.75) is 39.7 Å². The first-order chi connectivity index (χ1) is 9.26. The van der Waals surface area contributed by atoms with E-state index < -0.39 is 0 Å².